The second-order valence-corrected chi connectivity index (χ2v) is 5.40. The van der Waals surface area contributed by atoms with Gasteiger partial charge in [-0.3, -0.25) is 0 Å². The van der Waals surface area contributed by atoms with E-state index in [9.17, 15) is 0 Å². The molecule has 0 nitrogen and oxygen atoms in total. The first kappa shape index (κ1) is 12.9. The molecule has 0 radical (unpaired) electrons. The molecule has 0 aliphatic rings. The van der Waals surface area contributed by atoms with Crippen molar-refractivity contribution in [3.8, 4) is 11.1 Å². The molecule has 2 rings (SSSR count). The molecule has 0 aromatic heterocycles. The molecule has 0 unspecified atom stereocenters. The van der Waals surface area contributed by atoms with E-state index in [1.54, 1.807) is 0 Å². The average Bonchev–Trinajstić information content (AvgIpc) is 2.30. The summed E-state index contributed by atoms with van der Waals surface area (Å²) in [5.74, 6) is 0. The van der Waals surface area contributed by atoms with Crippen molar-refractivity contribution in [1.29, 1.82) is 0 Å². The van der Waals surface area contributed by atoms with Crippen molar-refractivity contribution in [2.75, 3.05) is 0 Å². The summed E-state index contributed by atoms with van der Waals surface area (Å²) in [6, 6.07) is 8.85. The first-order chi connectivity index (χ1) is 8.43. The zero-order valence-corrected chi connectivity index (χ0v) is 12.3. The molecule has 2 aromatic rings. The van der Waals surface area contributed by atoms with Gasteiger partial charge in [0.2, 0.25) is 0 Å². The summed E-state index contributed by atoms with van der Waals surface area (Å²) in [6.45, 7) is 13.3. The van der Waals surface area contributed by atoms with Crippen LogP contribution in [0.3, 0.4) is 0 Å². The van der Waals surface area contributed by atoms with Gasteiger partial charge in [-0.05, 0) is 86.1 Å². The van der Waals surface area contributed by atoms with Crippen molar-refractivity contribution in [2.24, 2.45) is 0 Å². The maximum atomic E-state index is 2.29. The second-order valence-electron chi connectivity index (χ2n) is 5.40. The fraction of sp³-hybridized carbons (Fsp3) is 0.333. The molecule has 0 amide bonds. The van der Waals surface area contributed by atoms with Crippen LogP contribution in [-0.4, -0.2) is 0 Å². The van der Waals surface area contributed by atoms with E-state index in [0.29, 0.717) is 0 Å². The molecule has 0 spiro atoms. The standard InChI is InChI=1S/C18H22/c1-11-8-7-9-12(2)17(11)18-15(5)13(3)10-14(4)16(18)6/h7-10H,1-6H3. The largest absolute Gasteiger partial charge is 0.0617 e. The van der Waals surface area contributed by atoms with Crippen molar-refractivity contribution in [2.45, 2.75) is 41.5 Å². The van der Waals surface area contributed by atoms with Crippen molar-refractivity contribution in [3.05, 3.63) is 57.6 Å². The third kappa shape index (κ3) is 1.96. The maximum Gasteiger partial charge on any atom is -0.0115 e. The fourth-order valence-electron chi connectivity index (χ4n) is 2.80. The quantitative estimate of drug-likeness (QED) is 0.640. The maximum absolute atomic E-state index is 2.29. The predicted molar refractivity (Wildman–Crippen MR) is 80.3 cm³/mol. The molecule has 18 heavy (non-hydrogen) atoms. The van der Waals surface area contributed by atoms with E-state index in [2.05, 4.69) is 65.8 Å². The molecular formula is C18H22. The molecule has 0 atom stereocenters. The number of hydrogen-bond donors (Lipinski definition) is 0. The number of hydrogen-bond acceptors (Lipinski definition) is 0. The first-order valence-electron chi connectivity index (χ1n) is 6.57. The van der Waals surface area contributed by atoms with Crippen LogP contribution in [0.5, 0.6) is 0 Å². The van der Waals surface area contributed by atoms with Gasteiger partial charge in [-0.2, -0.15) is 0 Å². The highest BCUT2D eigenvalue weighted by atomic mass is 14.2. The van der Waals surface area contributed by atoms with Crippen molar-refractivity contribution >= 4 is 0 Å². The van der Waals surface area contributed by atoms with E-state index in [-0.39, 0.29) is 0 Å². The molecule has 0 heterocycles. The van der Waals surface area contributed by atoms with Crippen LogP contribution in [0.4, 0.5) is 0 Å². The lowest BCUT2D eigenvalue weighted by Crippen LogP contribution is -1.98. The molecule has 0 bridgehead atoms. The lowest BCUT2D eigenvalue weighted by atomic mass is 9.86. The van der Waals surface area contributed by atoms with Crippen LogP contribution in [0.1, 0.15) is 33.4 Å². The van der Waals surface area contributed by atoms with Crippen LogP contribution in [0.25, 0.3) is 11.1 Å². The van der Waals surface area contributed by atoms with Gasteiger partial charge in [0.1, 0.15) is 0 Å². The van der Waals surface area contributed by atoms with Crippen LogP contribution in [-0.2, 0) is 0 Å². The fourth-order valence-corrected chi connectivity index (χ4v) is 2.80. The molecule has 0 N–H and O–H groups in total. The lowest BCUT2D eigenvalue weighted by molar-refractivity contribution is 1.23. The van der Waals surface area contributed by atoms with Gasteiger partial charge in [0.25, 0.3) is 0 Å². The minimum atomic E-state index is 1.37. The van der Waals surface area contributed by atoms with Gasteiger partial charge >= 0.3 is 0 Å². The van der Waals surface area contributed by atoms with Gasteiger partial charge in [-0.25, -0.2) is 0 Å². The van der Waals surface area contributed by atoms with E-state index in [1.807, 2.05) is 0 Å². The van der Waals surface area contributed by atoms with Gasteiger partial charge in [-0.1, -0.05) is 24.3 Å². The van der Waals surface area contributed by atoms with Gasteiger partial charge < -0.3 is 0 Å². The summed E-state index contributed by atoms with van der Waals surface area (Å²) < 4.78 is 0. The molecule has 0 heteroatoms. The van der Waals surface area contributed by atoms with Gasteiger partial charge in [0, 0.05) is 0 Å². The minimum absolute atomic E-state index is 1.37. The molecule has 0 fully saturated rings. The smallest absolute Gasteiger partial charge is 0.0115 e. The number of benzene rings is 2. The highest BCUT2D eigenvalue weighted by molar-refractivity contribution is 5.78. The summed E-state index contributed by atoms with van der Waals surface area (Å²) >= 11 is 0. The Balaban J connectivity index is 2.87. The second kappa shape index (κ2) is 4.61. The Morgan fingerprint density at radius 2 is 1.00 bits per heavy atom. The summed E-state index contributed by atoms with van der Waals surface area (Å²) in [6.07, 6.45) is 0. The number of rotatable bonds is 1. The Kier molecular flexibility index (Phi) is 3.30. The summed E-state index contributed by atoms with van der Waals surface area (Å²) in [4.78, 5) is 0. The third-order valence-corrected chi connectivity index (χ3v) is 4.10. The van der Waals surface area contributed by atoms with E-state index in [1.165, 1.54) is 44.5 Å². The molecule has 94 valence electrons. The number of aryl methyl sites for hydroxylation is 4. The summed E-state index contributed by atoms with van der Waals surface area (Å²) in [5.41, 5.74) is 11.2. The summed E-state index contributed by atoms with van der Waals surface area (Å²) in [7, 11) is 0. The van der Waals surface area contributed by atoms with Crippen molar-refractivity contribution in [3.63, 3.8) is 0 Å². The Morgan fingerprint density at radius 1 is 0.556 bits per heavy atom. The van der Waals surface area contributed by atoms with Crippen LogP contribution in [0.2, 0.25) is 0 Å². The predicted octanol–water partition coefficient (Wildman–Crippen LogP) is 5.20. The third-order valence-electron chi connectivity index (χ3n) is 4.10. The Morgan fingerprint density at radius 3 is 1.44 bits per heavy atom. The Hall–Kier alpha value is -1.56. The van der Waals surface area contributed by atoms with Crippen molar-refractivity contribution in [1.82, 2.24) is 0 Å². The monoisotopic (exact) mass is 238 g/mol. The zero-order chi connectivity index (χ0) is 13.4. The minimum Gasteiger partial charge on any atom is -0.0617 e. The molecular weight excluding hydrogens is 216 g/mol. The normalized spacial score (nSPS) is 10.8. The van der Waals surface area contributed by atoms with Crippen molar-refractivity contribution < 1.29 is 0 Å². The lowest BCUT2D eigenvalue weighted by Gasteiger charge is -2.19. The van der Waals surface area contributed by atoms with Crippen LogP contribution in [0, 0.1) is 41.5 Å². The zero-order valence-electron chi connectivity index (χ0n) is 12.3. The van der Waals surface area contributed by atoms with Crippen LogP contribution < -0.4 is 0 Å². The SMILES string of the molecule is Cc1cc(C)c(C)c(-c2c(C)cccc2C)c1C. The van der Waals surface area contributed by atoms with E-state index in [4.69, 9.17) is 0 Å². The molecule has 0 saturated heterocycles. The molecule has 0 aliphatic carbocycles. The topological polar surface area (TPSA) is 0 Å². The van der Waals surface area contributed by atoms with Gasteiger partial charge in [0.15, 0.2) is 0 Å². The summed E-state index contributed by atoms with van der Waals surface area (Å²) in [5, 5.41) is 0. The average molecular weight is 238 g/mol. The Labute approximate surface area is 111 Å². The van der Waals surface area contributed by atoms with E-state index in [0.717, 1.165) is 0 Å². The van der Waals surface area contributed by atoms with Gasteiger partial charge in [0.05, 0.1) is 0 Å². The molecule has 0 aliphatic heterocycles. The molecule has 0 saturated carbocycles. The first-order valence-corrected chi connectivity index (χ1v) is 6.57. The Bertz CT molecular complexity index is 557. The van der Waals surface area contributed by atoms with E-state index < -0.39 is 0 Å². The highest BCUT2D eigenvalue weighted by Crippen LogP contribution is 2.35. The highest BCUT2D eigenvalue weighted by Gasteiger charge is 2.13. The van der Waals surface area contributed by atoms with E-state index >= 15 is 0 Å². The molecule has 2 aromatic carbocycles. The van der Waals surface area contributed by atoms with Crippen LogP contribution >= 0.6 is 0 Å². The van der Waals surface area contributed by atoms with Gasteiger partial charge in [-0.15, -0.1) is 0 Å². The van der Waals surface area contributed by atoms with Crippen LogP contribution in [0.15, 0.2) is 24.3 Å².